The van der Waals surface area contributed by atoms with Crippen LogP contribution >= 0.6 is 15.9 Å². The Labute approximate surface area is 130 Å². The number of carbonyl (C=O) groups excluding carboxylic acids is 1. The number of sulfone groups is 1. The predicted octanol–water partition coefficient (Wildman–Crippen LogP) is 3.42. The lowest BCUT2D eigenvalue weighted by molar-refractivity contribution is 0.0992. The number of hydrogen-bond acceptors (Lipinski definition) is 3. The molecule has 0 saturated heterocycles. The zero-order valence-electron chi connectivity index (χ0n) is 11.1. The molecule has 0 amide bonds. The SMILES string of the molecule is CS(=O)(=O)c1ccc(C(=O)Cc2cccc(F)c2Br)cc1. The summed E-state index contributed by atoms with van der Waals surface area (Å²) in [5.74, 6) is -0.630. The minimum Gasteiger partial charge on any atom is -0.294 e. The molecule has 0 aromatic heterocycles. The smallest absolute Gasteiger partial charge is 0.175 e. The summed E-state index contributed by atoms with van der Waals surface area (Å²) in [5.41, 5.74) is 0.936. The Morgan fingerprint density at radius 1 is 1.14 bits per heavy atom. The van der Waals surface area contributed by atoms with Crippen molar-refractivity contribution in [1.29, 1.82) is 0 Å². The van der Waals surface area contributed by atoms with Crippen LogP contribution in [0.4, 0.5) is 4.39 Å². The van der Waals surface area contributed by atoms with E-state index in [2.05, 4.69) is 15.9 Å². The Morgan fingerprint density at radius 3 is 2.33 bits per heavy atom. The van der Waals surface area contributed by atoms with Crippen molar-refractivity contribution in [1.82, 2.24) is 0 Å². The standard InChI is InChI=1S/C15H12BrFO3S/c1-21(19,20)12-7-5-10(6-8-12)14(18)9-11-3-2-4-13(17)15(11)16/h2-8H,9H2,1H3. The predicted molar refractivity (Wildman–Crippen MR) is 81.7 cm³/mol. The Bertz CT molecular complexity index is 783. The molecule has 2 aromatic carbocycles. The van der Waals surface area contributed by atoms with E-state index >= 15 is 0 Å². The summed E-state index contributed by atoms with van der Waals surface area (Å²) in [4.78, 5) is 12.3. The monoisotopic (exact) mass is 370 g/mol. The van der Waals surface area contributed by atoms with Gasteiger partial charge in [-0.15, -0.1) is 0 Å². The Balaban J connectivity index is 2.23. The fourth-order valence-electron chi connectivity index (χ4n) is 1.85. The van der Waals surface area contributed by atoms with Gasteiger partial charge in [0.15, 0.2) is 15.6 Å². The Hall–Kier alpha value is -1.53. The van der Waals surface area contributed by atoms with Crippen LogP contribution in [0.25, 0.3) is 0 Å². The highest BCUT2D eigenvalue weighted by atomic mass is 79.9. The van der Waals surface area contributed by atoms with Crippen molar-refractivity contribution in [2.75, 3.05) is 6.26 Å². The molecule has 0 N–H and O–H groups in total. The number of ketones is 1. The van der Waals surface area contributed by atoms with Crippen LogP contribution in [-0.4, -0.2) is 20.5 Å². The molecule has 110 valence electrons. The number of benzene rings is 2. The first-order valence-electron chi connectivity index (χ1n) is 6.05. The number of hydrogen-bond donors (Lipinski definition) is 0. The molecule has 2 rings (SSSR count). The lowest BCUT2D eigenvalue weighted by Gasteiger charge is -2.05. The quantitative estimate of drug-likeness (QED) is 0.774. The van der Waals surface area contributed by atoms with Gasteiger partial charge in [-0.1, -0.05) is 24.3 Å². The zero-order valence-corrected chi connectivity index (χ0v) is 13.5. The molecule has 0 atom stereocenters. The summed E-state index contributed by atoms with van der Waals surface area (Å²) in [6.07, 6.45) is 1.14. The van der Waals surface area contributed by atoms with Crippen LogP contribution in [0.5, 0.6) is 0 Å². The molecule has 0 aliphatic carbocycles. The van der Waals surface area contributed by atoms with Crippen LogP contribution in [0.3, 0.4) is 0 Å². The van der Waals surface area contributed by atoms with Crippen molar-refractivity contribution in [2.24, 2.45) is 0 Å². The van der Waals surface area contributed by atoms with Gasteiger partial charge in [-0.2, -0.15) is 0 Å². The first-order chi connectivity index (χ1) is 9.79. The molecule has 21 heavy (non-hydrogen) atoms. The summed E-state index contributed by atoms with van der Waals surface area (Å²) in [6.45, 7) is 0. The second-order valence-electron chi connectivity index (χ2n) is 4.61. The lowest BCUT2D eigenvalue weighted by atomic mass is 10.0. The number of Topliss-reactive ketones (excluding diaryl/α,β-unsaturated/α-hetero) is 1. The van der Waals surface area contributed by atoms with E-state index in [-0.39, 0.29) is 21.6 Å². The number of carbonyl (C=O) groups is 1. The first kappa shape index (κ1) is 15.9. The maximum atomic E-state index is 13.4. The van der Waals surface area contributed by atoms with Crippen LogP contribution in [0.15, 0.2) is 51.8 Å². The minimum atomic E-state index is -3.28. The van der Waals surface area contributed by atoms with Crippen molar-refractivity contribution in [3.8, 4) is 0 Å². The fourth-order valence-corrected chi connectivity index (χ4v) is 2.88. The molecule has 0 radical (unpaired) electrons. The maximum absolute atomic E-state index is 13.4. The Morgan fingerprint density at radius 2 is 1.76 bits per heavy atom. The van der Waals surface area contributed by atoms with Crippen molar-refractivity contribution in [3.63, 3.8) is 0 Å². The molecule has 0 aliphatic rings. The summed E-state index contributed by atoms with van der Waals surface area (Å²) >= 11 is 3.11. The normalized spacial score (nSPS) is 11.4. The minimum absolute atomic E-state index is 0.0383. The fraction of sp³-hybridized carbons (Fsp3) is 0.133. The van der Waals surface area contributed by atoms with Gasteiger partial charge >= 0.3 is 0 Å². The number of rotatable bonds is 4. The number of halogens is 2. The van der Waals surface area contributed by atoms with Crippen LogP contribution in [0, 0.1) is 5.82 Å². The van der Waals surface area contributed by atoms with E-state index in [0.29, 0.717) is 11.1 Å². The zero-order chi connectivity index (χ0) is 15.6. The summed E-state index contributed by atoms with van der Waals surface area (Å²) in [6, 6.07) is 10.2. The molecule has 3 nitrogen and oxygen atoms in total. The van der Waals surface area contributed by atoms with E-state index in [9.17, 15) is 17.6 Å². The molecule has 0 spiro atoms. The molecule has 0 unspecified atom stereocenters. The van der Waals surface area contributed by atoms with E-state index in [1.54, 1.807) is 6.07 Å². The van der Waals surface area contributed by atoms with Crippen molar-refractivity contribution >= 4 is 31.6 Å². The van der Waals surface area contributed by atoms with E-state index in [0.717, 1.165) is 6.26 Å². The maximum Gasteiger partial charge on any atom is 0.175 e. The second-order valence-corrected chi connectivity index (χ2v) is 7.42. The van der Waals surface area contributed by atoms with E-state index in [4.69, 9.17) is 0 Å². The third kappa shape index (κ3) is 3.77. The van der Waals surface area contributed by atoms with E-state index in [1.165, 1.54) is 36.4 Å². The molecule has 0 heterocycles. The summed E-state index contributed by atoms with van der Waals surface area (Å²) in [5, 5.41) is 0. The van der Waals surface area contributed by atoms with Gasteiger partial charge in [0.2, 0.25) is 0 Å². The van der Waals surface area contributed by atoms with Gasteiger partial charge < -0.3 is 0 Å². The molecule has 0 saturated carbocycles. The average molecular weight is 371 g/mol. The van der Waals surface area contributed by atoms with Gasteiger partial charge in [0.25, 0.3) is 0 Å². The van der Waals surface area contributed by atoms with Crippen LogP contribution in [0.2, 0.25) is 0 Å². The van der Waals surface area contributed by atoms with Crippen molar-refractivity contribution < 1.29 is 17.6 Å². The molecule has 0 aliphatic heterocycles. The molecule has 0 fully saturated rings. The second kappa shape index (κ2) is 6.07. The first-order valence-corrected chi connectivity index (χ1v) is 8.73. The van der Waals surface area contributed by atoms with Gasteiger partial charge in [0, 0.05) is 18.2 Å². The van der Waals surface area contributed by atoms with Crippen LogP contribution in [0.1, 0.15) is 15.9 Å². The van der Waals surface area contributed by atoms with Gasteiger partial charge in [-0.25, -0.2) is 12.8 Å². The summed E-state index contributed by atoms with van der Waals surface area (Å²) in [7, 11) is -3.28. The highest BCUT2D eigenvalue weighted by Crippen LogP contribution is 2.22. The Kier molecular flexibility index (Phi) is 4.58. The molecular weight excluding hydrogens is 359 g/mol. The summed E-state index contributed by atoms with van der Waals surface area (Å²) < 4.78 is 36.4. The third-order valence-corrected chi connectivity index (χ3v) is 5.00. The third-order valence-electron chi connectivity index (χ3n) is 2.99. The molecule has 2 aromatic rings. The largest absolute Gasteiger partial charge is 0.294 e. The lowest BCUT2D eigenvalue weighted by Crippen LogP contribution is -2.05. The molecule has 6 heteroatoms. The molecule has 0 bridgehead atoms. The van der Waals surface area contributed by atoms with Crippen molar-refractivity contribution in [2.45, 2.75) is 11.3 Å². The molecular formula is C15H12BrFO3S. The van der Waals surface area contributed by atoms with E-state index in [1.807, 2.05) is 0 Å². The topological polar surface area (TPSA) is 51.2 Å². The van der Waals surface area contributed by atoms with Gasteiger partial charge in [-0.3, -0.25) is 4.79 Å². The van der Waals surface area contributed by atoms with Gasteiger partial charge in [0.1, 0.15) is 5.82 Å². The van der Waals surface area contributed by atoms with Crippen LogP contribution < -0.4 is 0 Å². The van der Waals surface area contributed by atoms with Gasteiger partial charge in [-0.05, 0) is 39.7 Å². The van der Waals surface area contributed by atoms with Crippen molar-refractivity contribution in [3.05, 3.63) is 63.9 Å². The average Bonchev–Trinajstić information content (AvgIpc) is 2.43. The highest BCUT2D eigenvalue weighted by molar-refractivity contribution is 9.10. The van der Waals surface area contributed by atoms with E-state index < -0.39 is 15.7 Å². The van der Waals surface area contributed by atoms with Crippen LogP contribution in [-0.2, 0) is 16.3 Å². The van der Waals surface area contributed by atoms with Gasteiger partial charge in [0.05, 0.1) is 9.37 Å². The highest BCUT2D eigenvalue weighted by Gasteiger charge is 2.13.